The second kappa shape index (κ2) is 7.92. The van der Waals surface area contributed by atoms with E-state index >= 15 is 0 Å². The number of pyridine rings is 1. The number of amides is 2. The Labute approximate surface area is 137 Å². The van der Waals surface area contributed by atoms with Crippen LogP contribution in [0.25, 0.3) is 10.8 Å². The fraction of sp³-hybridized carbons (Fsp3) is 0.444. The summed E-state index contributed by atoms with van der Waals surface area (Å²) >= 11 is 0. The van der Waals surface area contributed by atoms with Gasteiger partial charge in [0, 0.05) is 24.7 Å². The Morgan fingerprint density at radius 2 is 2.00 bits per heavy atom. The molecule has 1 heterocycles. The standard InChI is InChI=1S/C18H25N3O2/c1-18(2,13-22)9-5-10-20-17(23)21-12-16-15-7-4-3-6-14(15)8-11-19-16/h3-4,6-8,11,22H,5,9-10,12-13H2,1-2H3,(H2,20,21,23). The second-order valence-corrected chi connectivity index (χ2v) is 6.51. The molecule has 0 unspecified atom stereocenters. The molecule has 5 heteroatoms. The van der Waals surface area contributed by atoms with Gasteiger partial charge in [0.2, 0.25) is 0 Å². The Morgan fingerprint density at radius 3 is 2.78 bits per heavy atom. The number of carbonyl (C=O) groups excluding carboxylic acids is 1. The maximum Gasteiger partial charge on any atom is 0.315 e. The number of aliphatic hydroxyl groups excluding tert-OH is 1. The lowest BCUT2D eigenvalue weighted by atomic mass is 9.89. The van der Waals surface area contributed by atoms with E-state index in [9.17, 15) is 9.90 Å². The molecule has 3 N–H and O–H groups in total. The third-order valence-corrected chi connectivity index (χ3v) is 3.92. The van der Waals surface area contributed by atoms with Gasteiger partial charge in [-0.2, -0.15) is 0 Å². The van der Waals surface area contributed by atoms with Crippen molar-refractivity contribution in [2.24, 2.45) is 5.41 Å². The first-order chi connectivity index (χ1) is 11.0. The van der Waals surface area contributed by atoms with Crippen LogP contribution in [0.2, 0.25) is 0 Å². The molecular weight excluding hydrogens is 290 g/mol. The van der Waals surface area contributed by atoms with Gasteiger partial charge in [0.25, 0.3) is 0 Å². The predicted octanol–water partition coefficient (Wildman–Crippen LogP) is 2.83. The van der Waals surface area contributed by atoms with E-state index in [-0.39, 0.29) is 18.1 Å². The first kappa shape index (κ1) is 17.2. The summed E-state index contributed by atoms with van der Waals surface area (Å²) in [6.45, 7) is 5.18. The molecule has 2 rings (SSSR count). The summed E-state index contributed by atoms with van der Waals surface area (Å²) in [5, 5.41) is 17.0. The van der Waals surface area contributed by atoms with Gasteiger partial charge in [0.15, 0.2) is 0 Å². The van der Waals surface area contributed by atoms with E-state index in [1.807, 2.05) is 44.2 Å². The molecule has 2 aromatic rings. The molecule has 0 saturated heterocycles. The normalized spacial score (nSPS) is 11.4. The van der Waals surface area contributed by atoms with Gasteiger partial charge in [-0.05, 0) is 29.7 Å². The van der Waals surface area contributed by atoms with Gasteiger partial charge < -0.3 is 15.7 Å². The Morgan fingerprint density at radius 1 is 1.22 bits per heavy atom. The summed E-state index contributed by atoms with van der Waals surface area (Å²) < 4.78 is 0. The predicted molar refractivity (Wildman–Crippen MR) is 92.1 cm³/mol. The number of urea groups is 1. The lowest BCUT2D eigenvalue weighted by Gasteiger charge is -2.21. The number of benzene rings is 1. The topological polar surface area (TPSA) is 74.2 Å². The number of rotatable bonds is 7. The summed E-state index contributed by atoms with van der Waals surface area (Å²) in [5.41, 5.74) is 0.769. The van der Waals surface area contributed by atoms with Crippen molar-refractivity contribution in [3.8, 4) is 0 Å². The molecule has 1 aromatic heterocycles. The number of nitrogens with one attached hydrogen (secondary N) is 2. The minimum atomic E-state index is -0.193. The summed E-state index contributed by atoms with van der Waals surface area (Å²) in [7, 11) is 0. The van der Waals surface area contributed by atoms with E-state index in [4.69, 9.17) is 0 Å². The lowest BCUT2D eigenvalue weighted by Crippen LogP contribution is -2.36. The van der Waals surface area contributed by atoms with Crippen molar-refractivity contribution in [1.82, 2.24) is 15.6 Å². The minimum absolute atomic E-state index is 0.0922. The number of nitrogens with zero attached hydrogens (tertiary/aromatic N) is 1. The second-order valence-electron chi connectivity index (χ2n) is 6.51. The van der Waals surface area contributed by atoms with E-state index in [1.165, 1.54) is 0 Å². The van der Waals surface area contributed by atoms with Crippen LogP contribution in [0.3, 0.4) is 0 Å². The summed E-state index contributed by atoms with van der Waals surface area (Å²) in [6.07, 6.45) is 3.47. The molecular formula is C18H25N3O2. The van der Waals surface area contributed by atoms with Gasteiger partial charge in [-0.1, -0.05) is 38.1 Å². The van der Waals surface area contributed by atoms with Gasteiger partial charge in [-0.15, -0.1) is 0 Å². The highest BCUT2D eigenvalue weighted by molar-refractivity contribution is 5.84. The molecule has 0 aliphatic rings. The van der Waals surface area contributed by atoms with Crippen molar-refractivity contribution in [2.45, 2.75) is 33.2 Å². The molecule has 0 radical (unpaired) electrons. The molecule has 5 nitrogen and oxygen atoms in total. The van der Waals surface area contributed by atoms with Crippen LogP contribution in [0.1, 0.15) is 32.4 Å². The van der Waals surface area contributed by atoms with Crippen LogP contribution in [0.4, 0.5) is 4.79 Å². The van der Waals surface area contributed by atoms with Crippen LogP contribution in [0, 0.1) is 5.41 Å². The SMILES string of the molecule is CC(C)(CO)CCCNC(=O)NCc1nccc2ccccc12. The monoisotopic (exact) mass is 315 g/mol. The van der Waals surface area contributed by atoms with Crippen molar-refractivity contribution in [2.75, 3.05) is 13.2 Å². The highest BCUT2D eigenvalue weighted by Gasteiger charge is 2.15. The van der Waals surface area contributed by atoms with Gasteiger partial charge in [-0.3, -0.25) is 4.98 Å². The molecule has 0 atom stereocenters. The molecule has 2 amide bonds. The quantitative estimate of drug-likeness (QED) is 0.688. The Hall–Kier alpha value is -2.14. The van der Waals surface area contributed by atoms with E-state index in [2.05, 4.69) is 15.6 Å². The Balaban J connectivity index is 1.78. The number of carbonyl (C=O) groups is 1. The van der Waals surface area contributed by atoms with E-state index in [1.54, 1.807) is 6.20 Å². The molecule has 0 fully saturated rings. The summed E-state index contributed by atoms with van der Waals surface area (Å²) in [6, 6.07) is 9.76. The third kappa shape index (κ3) is 5.21. The van der Waals surface area contributed by atoms with Crippen LogP contribution >= 0.6 is 0 Å². The van der Waals surface area contributed by atoms with Gasteiger partial charge in [-0.25, -0.2) is 4.79 Å². The summed E-state index contributed by atoms with van der Waals surface area (Å²) in [4.78, 5) is 16.2. The number of aromatic nitrogens is 1. The van der Waals surface area contributed by atoms with Crippen LogP contribution in [-0.2, 0) is 6.54 Å². The number of hydrogen-bond donors (Lipinski definition) is 3. The number of fused-ring (bicyclic) bond motifs is 1. The summed E-state index contributed by atoms with van der Waals surface area (Å²) in [5.74, 6) is 0. The van der Waals surface area contributed by atoms with Crippen molar-refractivity contribution in [1.29, 1.82) is 0 Å². The van der Waals surface area contributed by atoms with Crippen molar-refractivity contribution in [3.63, 3.8) is 0 Å². The molecule has 124 valence electrons. The molecule has 1 aromatic carbocycles. The molecule has 0 aliphatic carbocycles. The molecule has 0 spiro atoms. The fourth-order valence-corrected chi connectivity index (χ4v) is 2.40. The van der Waals surface area contributed by atoms with Crippen molar-refractivity contribution < 1.29 is 9.90 Å². The molecule has 0 bridgehead atoms. The smallest absolute Gasteiger partial charge is 0.315 e. The highest BCUT2D eigenvalue weighted by atomic mass is 16.3. The fourth-order valence-electron chi connectivity index (χ4n) is 2.40. The van der Waals surface area contributed by atoms with Crippen LogP contribution in [0.15, 0.2) is 36.5 Å². The Kier molecular flexibility index (Phi) is 5.93. The average molecular weight is 315 g/mol. The number of aliphatic hydroxyl groups is 1. The first-order valence-electron chi connectivity index (χ1n) is 7.97. The zero-order chi connectivity index (χ0) is 16.7. The Bertz CT molecular complexity index is 650. The largest absolute Gasteiger partial charge is 0.396 e. The molecule has 23 heavy (non-hydrogen) atoms. The van der Waals surface area contributed by atoms with Gasteiger partial charge >= 0.3 is 6.03 Å². The average Bonchev–Trinajstić information content (AvgIpc) is 2.57. The maximum atomic E-state index is 11.8. The lowest BCUT2D eigenvalue weighted by molar-refractivity contribution is 0.148. The zero-order valence-electron chi connectivity index (χ0n) is 13.8. The molecule has 0 saturated carbocycles. The maximum absolute atomic E-state index is 11.8. The van der Waals surface area contributed by atoms with Crippen LogP contribution in [-0.4, -0.2) is 29.3 Å². The highest BCUT2D eigenvalue weighted by Crippen LogP contribution is 2.20. The van der Waals surface area contributed by atoms with E-state index in [0.717, 1.165) is 29.3 Å². The van der Waals surface area contributed by atoms with Crippen molar-refractivity contribution in [3.05, 3.63) is 42.2 Å². The van der Waals surface area contributed by atoms with Crippen molar-refractivity contribution >= 4 is 16.8 Å². The third-order valence-electron chi connectivity index (χ3n) is 3.92. The van der Waals surface area contributed by atoms with Crippen LogP contribution < -0.4 is 10.6 Å². The molecule has 0 aliphatic heterocycles. The van der Waals surface area contributed by atoms with Crippen LogP contribution in [0.5, 0.6) is 0 Å². The first-order valence-corrected chi connectivity index (χ1v) is 7.97. The van der Waals surface area contributed by atoms with Gasteiger partial charge in [0.05, 0.1) is 12.2 Å². The zero-order valence-corrected chi connectivity index (χ0v) is 13.8. The van der Waals surface area contributed by atoms with E-state index < -0.39 is 0 Å². The van der Waals surface area contributed by atoms with Gasteiger partial charge in [0.1, 0.15) is 0 Å². The number of hydrogen-bond acceptors (Lipinski definition) is 3. The minimum Gasteiger partial charge on any atom is -0.396 e. The van der Waals surface area contributed by atoms with E-state index in [0.29, 0.717) is 13.1 Å².